The number of aromatic nitrogens is 2. The molecule has 150 valence electrons. The third kappa shape index (κ3) is 5.32. The van der Waals surface area contributed by atoms with Crippen molar-refractivity contribution >= 4 is 28.7 Å². The van der Waals surface area contributed by atoms with Gasteiger partial charge in [-0.1, -0.05) is 42.1 Å². The van der Waals surface area contributed by atoms with E-state index in [0.29, 0.717) is 0 Å². The molecular weight excluding hydrogens is 378 g/mol. The molecule has 1 aromatic carbocycles. The molecule has 0 unspecified atom stereocenters. The zero-order valence-electron chi connectivity index (χ0n) is 16.4. The van der Waals surface area contributed by atoms with Crippen LogP contribution in [-0.4, -0.2) is 52.1 Å². The van der Waals surface area contributed by atoms with Crippen molar-refractivity contribution in [3.8, 4) is 0 Å². The predicted octanol–water partition coefficient (Wildman–Crippen LogP) is 1.41. The van der Waals surface area contributed by atoms with Crippen LogP contribution in [0.25, 0.3) is 0 Å². The van der Waals surface area contributed by atoms with E-state index in [9.17, 15) is 9.59 Å². The van der Waals surface area contributed by atoms with E-state index in [4.69, 9.17) is 4.52 Å². The van der Waals surface area contributed by atoms with Crippen LogP contribution < -0.4 is 15.1 Å². The summed E-state index contributed by atoms with van der Waals surface area (Å²) in [5.74, 6) is -0.0439. The van der Waals surface area contributed by atoms with Crippen LogP contribution in [-0.2, 0) is 16.1 Å². The number of hydrogen-bond acceptors (Lipinski definition) is 7. The topological polar surface area (TPSA) is 82.6 Å². The lowest BCUT2D eigenvalue weighted by Gasteiger charge is -2.29. The Morgan fingerprint density at radius 3 is 2.54 bits per heavy atom. The summed E-state index contributed by atoms with van der Waals surface area (Å²) >= 11 is 0.984. The SMILES string of the molecule is CC(=O)SC(C)(C)C(=O)Nc1c[n+](N2CCN(Cc3ccccc3)CC2)no1. The quantitative estimate of drug-likeness (QED) is 0.729. The van der Waals surface area contributed by atoms with Crippen LogP contribution in [0, 0.1) is 0 Å². The van der Waals surface area contributed by atoms with Gasteiger partial charge in [-0.05, 0) is 19.4 Å². The highest BCUT2D eigenvalue weighted by Crippen LogP contribution is 2.26. The highest BCUT2D eigenvalue weighted by molar-refractivity contribution is 8.15. The smallest absolute Gasteiger partial charge is 0.295 e. The minimum absolute atomic E-state index is 0.110. The van der Waals surface area contributed by atoms with E-state index < -0.39 is 4.75 Å². The highest BCUT2D eigenvalue weighted by atomic mass is 32.2. The number of nitrogens with one attached hydrogen (secondary N) is 1. The van der Waals surface area contributed by atoms with Crippen molar-refractivity contribution in [3.63, 3.8) is 0 Å². The van der Waals surface area contributed by atoms with E-state index >= 15 is 0 Å². The molecule has 1 amide bonds. The summed E-state index contributed by atoms with van der Waals surface area (Å²) in [7, 11) is 0. The molecule has 1 saturated heterocycles. The molecule has 1 aromatic heterocycles. The number of hydrogen-bond donors (Lipinski definition) is 1. The van der Waals surface area contributed by atoms with Crippen molar-refractivity contribution in [2.24, 2.45) is 0 Å². The van der Waals surface area contributed by atoms with E-state index in [1.54, 1.807) is 24.8 Å². The summed E-state index contributed by atoms with van der Waals surface area (Å²) in [5.41, 5.74) is 1.31. The van der Waals surface area contributed by atoms with Crippen molar-refractivity contribution in [2.45, 2.75) is 32.1 Å². The van der Waals surface area contributed by atoms with Gasteiger partial charge < -0.3 is 0 Å². The molecule has 0 bridgehead atoms. The summed E-state index contributed by atoms with van der Waals surface area (Å²) < 4.78 is 4.36. The zero-order chi connectivity index (χ0) is 20.1. The molecular formula is C19H26N5O3S+. The second-order valence-electron chi connectivity index (χ2n) is 7.26. The van der Waals surface area contributed by atoms with Crippen molar-refractivity contribution in [1.82, 2.24) is 10.2 Å². The number of rotatable bonds is 6. The lowest BCUT2D eigenvalue weighted by atomic mass is 10.2. The molecule has 8 nitrogen and oxygen atoms in total. The van der Waals surface area contributed by atoms with Crippen molar-refractivity contribution in [1.29, 1.82) is 0 Å². The molecule has 0 atom stereocenters. The van der Waals surface area contributed by atoms with Gasteiger partial charge >= 0.3 is 5.88 Å². The number of amides is 1. The fourth-order valence-electron chi connectivity index (χ4n) is 3.04. The molecule has 0 saturated carbocycles. The molecule has 0 spiro atoms. The average Bonchev–Trinajstić information content (AvgIpc) is 3.10. The van der Waals surface area contributed by atoms with Gasteiger partial charge in [0.15, 0.2) is 5.12 Å². The first-order chi connectivity index (χ1) is 13.3. The Bertz CT molecular complexity index is 816. The number of carbonyl (C=O) groups is 2. The van der Waals surface area contributed by atoms with Gasteiger partial charge in [0.1, 0.15) is 0 Å². The largest absolute Gasteiger partial charge is 0.305 e. The Kier molecular flexibility index (Phi) is 6.35. The minimum Gasteiger partial charge on any atom is -0.295 e. The van der Waals surface area contributed by atoms with Crippen LogP contribution in [0.3, 0.4) is 0 Å². The number of carbonyl (C=O) groups excluding carboxylic acids is 2. The molecule has 2 aromatic rings. The summed E-state index contributed by atoms with van der Waals surface area (Å²) in [6.45, 7) is 9.22. The van der Waals surface area contributed by atoms with Crippen LogP contribution in [0.15, 0.2) is 41.1 Å². The third-order valence-corrected chi connectivity index (χ3v) is 5.51. The number of benzene rings is 1. The molecule has 1 aliphatic rings. The Morgan fingerprint density at radius 2 is 1.89 bits per heavy atom. The number of anilines is 1. The van der Waals surface area contributed by atoms with Crippen LogP contribution in [0.1, 0.15) is 26.3 Å². The lowest BCUT2D eigenvalue weighted by molar-refractivity contribution is -0.759. The normalized spacial score (nSPS) is 15.5. The summed E-state index contributed by atoms with van der Waals surface area (Å²) in [6, 6.07) is 10.4. The van der Waals surface area contributed by atoms with Gasteiger partial charge in [0.25, 0.3) is 6.20 Å². The number of piperazine rings is 1. The van der Waals surface area contributed by atoms with Crippen molar-refractivity contribution in [3.05, 3.63) is 42.1 Å². The highest BCUT2D eigenvalue weighted by Gasteiger charge is 2.33. The van der Waals surface area contributed by atoms with Gasteiger partial charge in [0.2, 0.25) is 11.2 Å². The number of nitrogens with zero attached hydrogens (tertiary/aromatic N) is 4. The lowest BCUT2D eigenvalue weighted by Crippen LogP contribution is -2.65. The molecule has 0 radical (unpaired) electrons. The molecule has 1 aliphatic heterocycles. The van der Waals surface area contributed by atoms with Crippen LogP contribution in [0.4, 0.5) is 5.88 Å². The van der Waals surface area contributed by atoms with Crippen molar-refractivity contribution in [2.75, 3.05) is 36.5 Å². The van der Waals surface area contributed by atoms with Gasteiger partial charge in [-0.25, -0.2) is 0 Å². The standard InChI is InChI=1S/C19H25N5O3S/c1-15(25)28-19(2,3)18(26)20-17-14-24(21-27-17)23-11-9-22(10-12-23)13-16-7-5-4-6-8-16/h4-8,14H,9-13H2,1-3H3/p+1. The zero-order valence-corrected chi connectivity index (χ0v) is 17.2. The molecule has 1 N–H and O–H groups in total. The fraction of sp³-hybridized carbons (Fsp3) is 0.474. The minimum atomic E-state index is -0.882. The van der Waals surface area contributed by atoms with Gasteiger partial charge in [-0.3, -0.25) is 24.3 Å². The number of thioether (sulfide) groups is 1. The second kappa shape index (κ2) is 8.74. The van der Waals surface area contributed by atoms with Gasteiger partial charge in [0, 0.05) is 26.6 Å². The van der Waals surface area contributed by atoms with Gasteiger partial charge in [-0.15, -0.1) is 0 Å². The van der Waals surface area contributed by atoms with E-state index in [1.807, 2.05) is 6.07 Å². The molecule has 0 aliphatic carbocycles. The van der Waals surface area contributed by atoms with Crippen LogP contribution >= 0.6 is 11.8 Å². The first-order valence-corrected chi connectivity index (χ1v) is 10.1. The average molecular weight is 405 g/mol. The fourth-order valence-corrected chi connectivity index (χ4v) is 3.90. The maximum absolute atomic E-state index is 12.4. The Balaban J connectivity index is 1.52. The van der Waals surface area contributed by atoms with Gasteiger partial charge in [0.05, 0.1) is 22.6 Å². The first-order valence-electron chi connectivity index (χ1n) is 9.25. The van der Waals surface area contributed by atoms with Crippen molar-refractivity contribution < 1.29 is 18.9 Å². The van der Waals surface area contributed by atoms with Gasteiger partial charge in [-0.2, -0.15) is 5.01 Å². The maximum Gasteiger partial charge on any atom is 0.305 e. The van der Waals surface area contributed by atoms with E-state index in [1.165, 1.54) is 12.5 Å². The molecule has 9 heteroatoms. The molecule has 28 heavy (non-hydrogen) atoms. The van der Waals surface area contributed by atoms with E-state index in [0.717, 1.165) is 44.5 Å². The predicted molar refractivity (Wildman–Crippen MR) is 107 cm³/mol. The van der Waals surface area contributed by atoms with E-state index in [2.05, 4.69) is 44.8 Å². The third-order valence-electron chi connectivity index (χ3n) is 4.53. The summed E-state index contributed by atoms with van der Waals surface area (Å²) in [6.07, 6.45) is 1.65. The Labute approximate surface area is 168 Å². The second-order valence-corrected chi connectivity index (χ2v) is 9.06. The summed E-state index contributed by atoms with van der Waals surface area (Å²) in [5, 5.41) is 8.65. The Hall–Kier alpha value is -2.39. The summed E-state index contributed by atoms with van der Waals surface area (Å²) in [4.78, 5) is 27.7. The molecule has 2 heterocycles. The maximum atomic E-state index is 12.4. The first kappa shape index (κ1) is 20.3. The van der Waals surface area contributed by atoms with Crippen LogP contribution in [0.2, 0.25) is 0 Å². The van der Waals surface area contributed by atoms with E-state index in [-0.39, 0.29) is 16.9 Å². The van der Waals surface area contributed by atoms with Crippen LogP contribution in [0.5, 0.6) is 0 Å². The molecule has 3 rings (SSSR count). The molecule has 1 fully saturated rings. The Morgan fingerprint density at radius 1 is 1.21 bits per heavy atom. The monoisotopic (exact) mass is 404 g/mol.